The molecule has 0 aromatic carbocycles. The Morgan fingerprint density at radius 3 is 2.34 bits per heavy atom. The number of hydrogen-bond acceptors (Lipinski definition) is 6. The van der Waals surface area contributed by atoms with Gasteiger partial charge in [-0.2, -0.15) is 0 Å². The van der Waals surface area contributed by atoms with E-state index in [-0.39, 0.29) is 28.9 Å². The van der Waals surface area contributed by atoms with Gasteiger partial charge in [0.2, 0.25) is 0 Å². The fourth-order valence-corrected chi connectivity index (χ4v) is 7.83. The third kappa shape index (κ3) is 3.27. The molecule has 0 unspecified atom stereocenters. The number of ether oxygens (including phenoxy) is 2. The Bertz CT molecular complexity index is 720. The van der Waals surface area contributed by atoms with E-state index in [9.17, 15) is 14.8 Å². The molecule has 0 aromatic rings. The Balaban J connectivity index is 1.56. The zero-order valence-corrected chi connectivity index (χ0v) is 18.1. The monoisotopic (exact) mass is 405 g/mol. The van der Waals surface area contributed by atoms with Crippen LogP contribution in [0.2, 0.25) is 0 Å². The zero-order chi connectivity index (χ0) is 21.0. The summed E-state index contributed by atoms with van der Waals surface area (Å²) in [5, 5.41) is 13.4. The Morgan fingerprint density at radius 1 is 0.966 bits per heavy atom. The quantitative estimate of drug-likeness (QED) is 0.420. The van der Waals surface area contributed by atoms with E-state index in [1.54, 1.807) is 0 Å². The van der Waals surface area contributed by atoms with Crippen molar-refractivity contribution in [1.29, 1.82) is 0 Å². The summed E-state index contributed by atoms with van der Waals surface area (Å²) in [4.78, 5) is 23.0. The lowest BCUT2D eigenvalue weighted by Gasteiger charge is -2.60. The van der Waals surface area contributed by atoms with Gasteiger partial charge < -0.3 is 14.7 Å². The minimum atomic E-state index is -0.392. The normalized spacial score (nSPS) is 47.7. The van der Waals surface area contributed by atoms with Crippen molar-refractivity contribution in [1.82, 2.24) is 0 Å². The zero-order valence-electron chi connectivity index (χ0n) is 18.1. The summed E-state index contributed by atoms with van der Waals surface area (Å²) >= 11 is 0. The maximum atomic E-state index is 11.6. The number of hydrogen-bond donors (Lipinski definition) is 1. The fraction of sp³-hybridized carbons (Fsp3) is 0.870. The summed E-state index contributed by atoms with van der Waals surface area (Å²) in [7, 11) is 0. The molecule has 4 aliphatic rings. The van der Waals surface area contributed by atoms with E-state index in [1.165, 1.54) is 13.8 Å². The molecule has 0 radical (unpaired) electrons. The third-order valence-electron chi connectivity index (χ3n) is 9.11. The Kier molecular flexibility index (Phi) is 5.19. The van der Waals surface area contributed by atoms with Crippen molar-refractivity contribution in [3.63, 3.8) is 0 Å². The summed E-state index contributed by atoms with van der Waals surface area (Å²) in [6.07, 6.45) is 7.91. The molecule has 0 amide bonds. The van der Waals surface area contributed by atoms with E-state index in [0.717, 1.165) is 51.4 Å². The first-order valence-electron chi connectivity index (χ1n) is 11.3. The maximum absolute atomic E-state index is 11.6. The van der Waals surface area contributed by atoms with Gasteiger partial charge in [-0.15, -0.1) is 0 Å². The Labute approximate surface area is 173 Å². The molecule has 4 saturated carbocycles. The number of carbonyl (C=O) groups excluding carboxylic acids is 2. The van der Waals surface area contributed by atoms with Crippen LogP contribution in [0.15, 0.2) is 5.16 Å². The van der Waals surface area contributed by atoms with Gasteiger partial charge in [0.15, 0.2) is 0 Å². The fourth-order valence-electron chi connectivity index (χ4n) is 7.83. The predicted octanol–water partition coefficient (Wildman–Crippen LogP) is 4.33. The Morgan fingerprint density at radius 2 is 1.69 bits per heavy atom. The van der Waals surface area contributed by atoms with E-state index < -0.39 is 6.10 Å². The second kappa shape index (κ2) is 7.28. The Hall–Kier alpha value is -1.59. The first kappa shape index (κ1) is 20.7. The van der Waals surface area contributed by atoms with Gasteiger partial charge in [0.1, 0.15) is 17.9 Å². The number of fused-ring (bicyclic) bond motifs is 5. The van der Waals surface area contributed by atoms with Gasteiger partial charge in [-0.1, -0.05) is 19.0 Å². The van der Waals surface area contributed by atoms with Crippen molar-refractivity contribution in [2.75, 3.05) is 0 Å². The van der Waals surface area contributed by atoms with Crippen LogP contribution >= 0.6 is 0 Å². The largest absolute Gasteiger partial charge is 0.463 e. The van der Waals surface area contributed by atoms with Crippen molar-refractivity contribution >= 4 is 17.7 Å². The molecule has 0 aromatic heterocycles. The van der Waals surface area contributed by atoms with E-state index in [1.807, 2.05) is 0 Å². The SMILES string of the molecule is CC(=O)O[C@H]1CC[C@@]2(C)[C@@H](CC[C@@H]3[C@@H]2CC[C@]2(C)/C(=N/O)[C@H](OC(C)=O)C[C@@H]32)C1. The molecule has 162 valence electrons. The van der Waals surface area contributed by atoms with Crippen LogP contribution in [0.5, 0.6) is 0 Å². The average molecular weight is 406 g/mol. The van der Waals surface area contributed by atoms with Crippen LogP contribution in [-0.2, 0) is 19.1 Å². The first-order valence-corrected chi connectivity index (χ1v) is 11.3. The summed E-state index contributed by atoms with van der Waals surface area (Å²) in [6.45, 7) is 7.60. The summed E-state index contributed by atoms with van der Waals surface area (Å²) < 4.78 is 11.1. The minimum Gasteiger partial charge on any atom is -0.463 e. The maximum Gasteiger partial charge on any atom is 0.303 e. The van der Waals surface area contributed by atoms with Gasteiger partial charge in [-0.05, 0) is 80.5 Å². The summed E-state index contributed by atoms with van der Waals surface area (Å²) in [5.74, 6) is 1.71. The van der Waals surface area contributed by atoms with E-state index in [0.29, 0.717) is 29.4 Å². The van der Waals surface area contributed by atoms with Gasteiger partial charge in [0.25, 0.3) is 0 Å². The van der Waals surface area contributed by atoms with E-state index in [4.69, 9.17) is 9.47 Å². The van der Waals surface area contributed by atoms with Gasteiger partial charge in [-0.3, -0.25) is 9.59 Å². The first-order chi connectivity index (χ1) is 13.7. The van der Waals surface area contributed by atoms with E-state index >= 15 is 0 Å². The number of esters is 2. The van der Waals surface area contributed by atoms with Crippen LogP contribution in [0.1, 0.15) is 79.1 Å². The molecule has 4 fully saturated rings. The van der Waals surface area contributed by atoms with Gasteiger partial charge >= 0.3 is 11.9 Å². The van der Waals surface area contributed by atoms with Gasteiger partial charge in [-0.25, -0.2) is 0 Å². The highest BCUT2D eigenvalue weighted by Gasteiger charge is 2.62. The highest BCUT2D eigenvalue weighted by Crippen LogP contribution is 2.66. The lowest BCUT2D eigenvalue weighted by atomic mass is 9.45. The van der Waals surface area contributed by atoms with Crippen LogP contribution in [0.4, 0.5) is 0 Å². The molecule has 6 heteroatoms. The molecular weight excluding hydrogens is 370 g/mol. The van der Waals surface area contributed by atoms with Crippen LogP contribution in [0.3, 0.4) is 0 Å². The third-order valence-corrected chi connectivity index (χ3v) is 9.11. The smallest absolute Gasteiger partial charge is 0.303 e. The van der Waals surface area contributed by atoms with Crippen molar-refractivity contribution in [2.45, 2.75) is 91.3 Å². The predicted molar refractivity (Wildman–Crippen MR) is 107 cm³/mol. The van der Waals surface area contributed by atoms with Gasteiger partial charge in [0, 0.05) is 19.3 Å². The molecule has 0 bridgehead atoms. The molecule has 0 saturated heterocycles. The number of rotatable bonds is 2. The lowest BCUT2D eigenvalue weighted by molar-refractivity contribution is -0.158. The molecule has 6 nitrogen and oxygen atoms in total. The van der Waals surface area contributed by atoms with Crippen molar-refractivity contribution in [3.8, 4) is 0 Å². The lowest BCUT2D eigenvalue weighted by Crippen LogP contribution is -2.54. The number of carbonyl (C=O) groups is 2. The summed E-state index contributed by atoms with van der Waals surface area (Å²) in [6, 6.07) is 0. The standard InChI is InChI=1S/C23H35NO5/c1-13(25)28-16-7-9-22(3)15(11-16)5-6-17-18(22)8-10-23(4)19(17)12-20(21(23)24-27)29-14(2)26/h15-20,27H,5-12H2,1-4H3/b24-21+/t15-,16-,17+,18-,19-,20+,22-,23-/m0/s1. The van der Waals surface area contributed by atoms with Crippen LogP contribution in [-0.4, -0.2) is 35.1 Å². The molecule has 0 spiro atoms. The van der Waals surface area contributed by atoms with Crippen LogP contribution < -0.4 is 0 Å². The van der Waals surface area contributed by atoms with Crippen LogP contribution in [0, 0.1) is 34.5 Å². The second-order valence-corrected chi connectivity index (χ2v) is 10.4. The van der Waals surface area contributed by atoms with Crippen molar-refractivity contribution in [2.24, 2.45) is 39.7 Å². The molecule has 8 atom stereocenters. The van der Waals surface area contributed by atoms with Gasteiger partial charge in [0.05, 0.1) is 0 Å². The second-order valence-electron chi connectivity index (χ2n) is 10.4. The molecule has 29 heavy (non-hydrogen) atoms. The molecule has 1 N–H and O–H groups in total. The molecule has 0 heterocycles. The van der Waals surface area contributed by atoms with Crippen molar-refractivity contribution in [3.05, 3.63) is 0 Å². The molecular formula is C23H35NO5. The molecule has 4 rings (SSSR count). The summed E-state index contributed by atoms with van der Waals surface area (Å²) in [5.41, 5.74) is 0.757. The molecule has 4 aliphatic carbocycles. The van der Waals surface area contributed by atoms with Crippen molar-refractivity contribution < 1.29 is 24.3 Å². The number of nitrogens with zero attached hydrogens (tertiary/aromatic N) is 1. The molecule has 0 aliphatic heterocycles. The highest BCUT2D eigenvalue weighted by molar-refractivity contribution is 5.97. The topological polar surface area (TPSA) is 85.2 Å². The highest BCUT2D eigenvalue weighted by atomic mass is 16.5. The van der Waals surface area contributed by atoms with Crippen LogP contribution in [0.25, 0.3) is 0 Å². The van der Waals surface area contributed by atoms with E-state index in [2.05, 4.69) is 19.0 Å². The minimum absolute atomic E-state index is 0.0731. The number of oxime groups is 1. The average Bonchev–Trinajstić information content (AvgIpc) is 2.92.